The van der Waals surface area contributed by atoms with Crippen molar-refractivity contribution < 1.29 is 5.11 Å². The molecule has 0 radical (unpaired) electrons. The predicted octanol–water partition coefficient (Wildman–Crippen LogP) is 2.37. The Hall–Kier alpha value is -2.30. The van der Waals surface area contributed by atoms with Crippen molar-refractivity contribution in [1.82, 2.24) is 9.97 Å². The second kappa shape index (κ2) is 5.36. The van der Waals surface area contributed by atoms with E-state index in [0.29, 0.717) is 23.9 Å². The van der Waals surface area contributed by atoms with Gasteiger partial charge in [0.2, 0.25) is 5.95 Å². The minimum absolute atomic E-state index is 0.178. The molecule has 20 heavy (non-hydrogen) atoms. The monoisotopic (exact) mass is 272 g/mol. The maximum absolute atomic E-state index is 9.86. The Morgan fingerprint density at radius 1 is 1.20 bits per heavy atom. The Morgan fingerprint density at radius 3 is 2.50 bits per heavy atom. The quantitative estimate of drug-likeness (QED) is 0.796. The molecule has 0 atom stereocenters. The summed E-state index contributed by atoms with van der Waals surface area (Å²) in [5.41, 5.74) is 15.3. The Balaban J connectivity index is 2.44. The number of benzene rings is 1. The summed E-state index contributed by atoms with van der Waals surface area (Å²) in [6.45, 7) is 6.07. The van der Waals surface area contributed by atoms with E-state index < -0.39 is 0 Å². The van der Waals surface area contributed by atoms with Crippen molar-refractivity contribution in [3.8, 4) is 5.75 Å². The van der Waals surface area contributed by atoms with Gasteiger partial charge >= 0.3 is 0 Å². The molecule has 106 valence electrons. The van der Waals surface area contributed by atoms with Crippen LogP contribution in [0, 0.1) is 6.92 Å². The molecule has 0 aliphatic rings. The van der Waals surface area contributed by atoms with Crippen LogP contribution in [0.4, 0.5) is 11.8 Å². The van der Waals surface area contributed by atoms with Crippen LogP contribution < -0.4 is 11.5 Å². The number of nitrogens with zero attached hydrogens (tertiary/aromatic N) is 2. The molecule has 2 aromatic rings. The predicted molar refractivity (Wildman–Crippen MR) is 80.6 cm³/mol. The zero-order chi connectivity index (χ0) is 14.9. The number of hydrogen-bond acceptors (Lipinski definition) is 5. The van der Waals surface area contributed by atoms with Gasteiger partial charge in [0.25, 0.3) is 0 Å². The van der Waals surface area contributed by atoms with E-state index in [1.54, 1.807) is 6.20 Å². The first-order chi connectivity index (χ1) is 9.38. The number of anilines is 2. The maximum Gasteiger partial charge on any atom is 0.221 e. The minimum atomic E-state index is 0.178. The zero-order valence-corrected chi connectivity index (χ0v) is 12.0. The van der Waals surface area contributed by atoms with Crippen molar-refractivity contribution >= 4 is 11.8 Å². The third-order valence-electron chi connectivity index (χ3n) is 3.38. The van der Waals surface area contributed by atoms with Gasteiger partial charge in [-0.05, 0) is 35.6 Å². The second-order valence-corrected chi connectivity index (χ2v) is 5.31. The van der Waals surface area contributed by atoms with Gasteiger partial charge in [-0.25, -0.2) is 4.98 Å². The highest BCUT2D eigenvalue weighted by Crippen LogP contribution is 2.29. The van der Waals surface area contributed by atoms with E-state index in [4.69, 9.17) is 11.5 Å². The molecule has 0 aliphatic carbocycles. The lowest BCUT2D eigenvalue weighted by atomic mass is 9.91. The normalized spacial score (nSPS) is 11.0. The lowest BCUT2D eigenvalue weighted by Gasteiger charge is -2.15. The molecule has 1 aromatic carbocycles. The molecule has 5 nitrogen and oxygen atoms in total. The van der Waals surface area contributed by atoms with Gasteiger partial charge in [0.05, 0.1) is 0 Å². The van der Waals surface area contributed by atoms with Crippen molar-refractivity contribution in [3.05, 3.63) is 40.6 Å². The Bertz CT molecular complexity index is 638. The summed E-state index contributed by atoms with van der Waals surface area (Å²) < 4.78 is 0. The van der Waals surface area contributed by atoms with E-state index in [9.17, 15) is 5.11 Å². The third kappa shape index (κ3) is 2.82. The summed E-state index contributed by atoms with van der Waals surface area (Å²) in [5.74, 6) is 1.21. The fraction of sp³-hybridized carbons (Fsp3) is 0.333. The number of nitrogen functional groups attached to an aromatic ring is 2. The number of phenolic OH excluding ortho intramolecular Hbond substituents is 1. The molecule has 2 rings (SSSR count). The van der Waals surface area contributed by atoms with Crippen LogP contribution in [-0.2, 0) is 6.42 Å². The molecule has 0 aliphatic heterocycles. The van der Waals surface area contributed by atoms with E-state index in [2.05, 4.69) is 23.8 Å². The molecule has 0 bridgehead atoms. The molecule has 0 unspecified atom stereocenters. The van der Waals surface area contributed by atoms with Gasteiger partial charge < -0.3 is 16.6 Å². The smallest absolute Gasteiger partial charge is 0.221 e. The molecule has 1 heterocycles. The van der Waals surface area contributed by atoms with Gasteiger partial charge in [-0.15, -0.1) is 0 Å². The Kier molecular flexibility index (Phi) is 3.79. The van der Waals surface area contributed by atoms with Crippen molar-refractivity contribution in [2.45, 2.75) is 33.1 Å². The average molecular weight is 272 g/mol. The summed E-state index contributed by atoms with van der Waals surface area (Å²) in [4.78, 5) is 7.97. The number of aromatic nitrogens is 2. The Labute approximate surface area is 118 Å². The summed E-state index contributed by atoms with van der Waals surface area (Å²) in [5, 5.41) is 9.86. The molecule has 0 fully saturated rings. The van der Waals surface area contributed by atoms with Crippen LogP contribution in [0.2, 0.25) is 0 Å². The molecule has 5 heteroatoms. The molecule has 0 saturated carbocycles. The van der Waals surface area contributed by atoms with Crippen LogP contribution in [0.3, 0.4) is 0 Å². The van der Waals surface area contributed by atoms with Gasteiger partial charge in [-0.2, -0.15) is 4.98 Å². The fourth-order valence-corrected chi connectivity index (χ4v) is 2.24. The topological polar surface area (TPSA) is 98.0 Å². The van der Waals surface area contributed by atoms with Crippen molar-refractivity contribution in [2.75, 3.05) is 11.5 Å². The van der Waals surface area contributed by atoms with Crippen LogP contribution >= 0.6 is 0 Å². The molecular weight excluding hydrogens is 252 g/mol. The lowest BCUT2D eigenvalue weighted by molar-refractivity contribution is 0.469. The maximum atomic E-state index is 9.86. The van der Waals surface area contributed by atoms with Crippen molar-refractivity contribution in [3.63, 3.8) is 0 Å². The summed E-state index contributed by atoms with van der Waals surface area (Å²) >= 11 is 0. The first-order valence-corrected chi connectivity index (χ1v) is 6.57. The fourth-order valence-electron chi connectivity index (χ4n) is 2.24. The van der Waals surface area contributed by atoms with Gasteiger partial charge in [0.1, 0.15) is 11.6 Å². The van der Waals surface area contributed by atoms with Crippen LogP contribution in [0.5, 0.6) is 5.75 Å². The third-order valence-corrected chi connectivity index (χ3v) is 3.38. The van der Waals surface area contributed by atoms with E-state index in [1.165, 1.54) is 0 Å². The molecule has 0 amide bonds. The highest BCUT2D eigenvalue weighted by molar-refractivity contribution is 5.48. The number of hydrogen-bond donors (Lipinski definition) is 3. The van der Waals surface area contributed by atoms with E-state index in [1.807, 2.05) is 19.1 Å². The van der Waals surface area contributed by atoms with Gasteiger partial charge in [-0.3, -0.25) is 0 Å². The largest absolute Gasteiger partial charge is 0.508 e. The highest BCUT2D eigenvalue weighted by Gasteiger charge is 2.13. The van der Waals surface area contributed by atoms with Gasteiger partial charge in [0.15, 0.2) is 0 Å². The van der Waals surface area contributed by atoms with Crippen LogP contribution in [0.25, 0.3) is 0 Å². The first kappa shape index (κ1) is 14.1. The number of aromatic hydroxyl groups is 1. The summed E-state index contributed by atoms with van der Waals surface area (Å²) in [6.07, 6.45) is 2.28. The van der Waals surface area contributed by atoms with E-state index in [-0.39, 0.29) is 5.95 Å². The lowest BCUT2D eigenvalue weighted by Crippen LogP contribution is -2.06. The first-order valence-electron chi connectivity index (χ1n) is 6.57. The second-order valence-electron chi connectivity index (χ2n) is 5.31. The van der Waals surface area contributed by atoms with E-state index >= 15 is 0 Å². The zero-order valence-electron chi connectivity index (χ0n) is 12.0. The molecule has 0 spiro atoms. The highest BCUT2D eigenvalue weighted by atomic mass is 16.3. The van der Waals surface area contributed by atoms with Crippen LogP contribution in [0.15, 0.2) is 18.3 Å². The average Bonchev–Trinajstić information content (AvgIpc) is 2.36. The number of nitrogens with two attached hydrogens (primary N) is 2. The minimum Gasteiger partial charge on any atom is -0.508 e. The molecular formula is C15H20N4O. The van der Waals surface area contributed by atoms with Crippen molar-refractivity contribution in [2.24, 2.45) is 0 Å². The van der Waals surface area contributed by atoms with Crippen molar-refractivity contribution in [1.29, 1.82) is 0 Å². The Morgan fingerprint density at radius 2 is 1.90 bits per heavy atom. The SMILES string of the molecule is Cc1cc(Cc2cnc(N)nc2N)c(C(C)C)cc1O. The summed E-state index contributed by atoms with van der Waals surface area (Å²) in [7, 11) is 0. The van der Waals surface area contributed by atoms with Crippen LogP contribution in [0.1, 0.15) is 42.0 Å². The number of phenols is 1. The molecule has 0 saturated heterocycles. The number of rotatable bonds is 3. The molecule has 5 N–H and O–H groups in total. The number of aryl methyl sites for hydroxylation is 1. The summed E-state index contributed by atoms with van der Waals surface area (Å²) in [6, 6.07) is 3.81. The van der Waals surface area contributed by atoms with Gasteiger partial charge in [0, 0.05) is 18.2 Å². The molecule has 1 aromatic heterocycles. The van der Waals surface area contributed by atoms with Gasteiger partial charge in [-0.1, -0.05) is 19.9 Å². The van der Waals surface area contributed by atoms with Crippen LogP contribution in [-0.4, -0.2) is 15.1 Å². The standard InChI is InChI=1S/C15H20N4O/c1-8(2)12-6-13(20)9(3)4-10(12)5-11-7-18-15(17)19-14(11)16/h4,6-8,20H,5H2,1-3H3,(H4,16,17,18,19). The van der Waals surface area contributed by atoms with E-state index in [0.717, 1.165) is 22.3 Å².